The number of ether oxygens (including phenoxy) is 1. The van der Waals surface area contributed by atoms with Crippen LogP contribution < -0.4 is 10.6 Å². The predicted octanol–water partition coefficient (Wildman–Crippen LogP) is 5.33. The van der Waals surface area contributed by atoms with Crippen LogP contribution in [0, 0.1) is 5.92 Å². The summed E-state index contributed by atoms with van der Waals surface area (Å²) in [5.41, 5.74) is 3.68. The molecule has 2 amide bonds. The standard InChI is InChI=1S/C28H35N5O3/c1-17(2)13-25-30-21-12-11-19(15-22(21)31-25)29-26(34)23(32-27(35)36-28(3,4)5)14-18-16-33(6)24-10-8-7-9-20(18)24/h7-12,15-17,23H,13-14H2,1-6H3,(H,29,34)(H,30,31)(H,32,35)/t23-/m1/s1. The maximum atomic E-state index is 13.4. The number of nitrogens with zero attached hydrogens (tertiary/aromatic N) is 2. The molecule has 0 spiro atoms. The van der Waals surface area contributed by atoms with Crippen LogP contribution in [0.15, 0.2) is 48.7 Å². The van der Waals surface area contributed by atoms with E-state index in [1.165, 1.54) is 0 Å². The number of imidazole rings is 1. The van der Waals surface area contributed by atoms with Crippen LogP contribution in [0.2, 0.25) is 0 Å². The maximum Gasteiger partial charge on any atom is 0.408 e. The van der Waals surface area contributed by atoms with Gasteiger partial charge in [0.05, 0.1) is 11.0 Å². The van der Waals surface area contributed by atoms with Gasteiger partial charge in [-0.05, 0) is 56.5 Å². The fourth-order valence-electron chi connectivity index (χ4n) is 4.32. The second-order valence-corrected chi connectivity index (χ2v) is 10.7. The number of para-hydroxylation sites is 1. The number of carbonyl (C=O) groups is 2. The van der Waals surface area contributed by atoms with Crippen LogP contribution in [0.3, 0.4) is 0 Å². The van der Waals surface area contributed by atoms with E-state index in [1.54, 1.807) is 20.8 Å². The Morgan fingerprint density at radius 2 is 1.86 bits per heavy atom. The second kappa shape index (κ2) is 10.0. The molecule has 0 saturated carbocycles. The number of rotatable bonds is 7. The Balaban J connectivity index is 1.58. The predicted molar refractivity (Wildman–Crippen MR) is 143 cm³/mol. The molecular weight excluding hydrogens is 454 g/mol. The number of hydrogen-bond donors (Lipinski definition) is 3. The fourth-order valence-corrected chi connectivity index (χ4v) is 4.32. The van der Waals surface area contributed by atoms with E-state index in [0.717, 1.165) is 39.7 Å². The van der Waals surface area contributed by atoms with Crippen molar-refractivity contribution in [1.82, 2.24) is 19.9 Å². The van der Waals surface area contributed by atoms with E-state index in [4.69, 9.17) is 4.74 Å². The van der Waals surface area contributed by atoms with Crippen molar-refractivity contribution in [1.29, 1.82) is 0 Å². The first-order chi connectivity index (χ1) is 17.0. The lowest BCUT2D eigenvalue weighted by Gasteiger charge is -2.23. The molecule has 3 N–H and O–H groups in total. The molecule has 4 aromatic rings. The zero-order valence-electron chi connectivity index (χ0n) is 21.8. The summed E-state index contributed by atoms with van der Waals surface area (Å²) in [6.45, 7) is 9.66. The van der Waals surface area contributed by atoms with Gasteiger partial charge in [0, 0.05) is 42.7 Å². The lowest BCUT2D eigenvalue weighted by Crippen LogP contribution is -2.47. The summed E-state index contributed by atoms with van der Waals surface area (Å²) in [7, 11) is 1.97. The van der Waals surface area contributed by atoms with Crippen molar-refractivity contribution < 1.29 is 14.3 Å². The molecule has 0 aliphatic carbocycles. The van der Waals surface area contributed by atoms with Gasteiger partial charge in [-0.2, -0.15) is 0 Å². The van der Waals surface area contributed by atoms with E-state index in [-0.39, 0.29) is 5.91 Å². The van der Waals surface area contributed by atoms with Crippen molar-refractivity contribution in [3.05, 3.63) is 60.0 Å². The first kappa shape index (κ1) is 25.3. The second-order valence-electron chi connectivity index (χ2n) is 10.7. The van der Waals surface area contributed by atoms with Gasteiger partial charge in [-0.15, -0.1) is 0 Å². The highest BCUT2D eigenvalue weighted by atomic mass is 16.6. The summed E-state index contributed by atoms with van der Waals surface area (Å²) in [5, 5.41) is 6.78. The number of fused-ring (bicyclic) bond motifs is 2. The zero-order chi connectivity index (χ0) is 26.0. The maximum absolute atomic E-state index is 13.4. The number of amides is 2. The molecule has 0 radical (unpaired) electrons. The molecule has 2 aromatic heterocycles. The van der Waals surface area contributed by atoms with Crippen LogP contribution in [0.5, 0.6) is 0 Å². The monoisotopic (exact) mass is 489 g/mol. The summed E-state index contributed by atoms with van der Waals surface area (Å²) in [6.07, 6.45) is 2.53. The van der Waals surface area contributed by atoms with Crippen LogP contribution in [-0.2, 0) is 29.4 Å². The van der Waals surface area contributed by atoms with E-state index in [9.17, 15) is 9.59 Å². The van der Waals surface area contributed by atoms with Crippen molar-refractivity contribution in [2.24, 2.45) is 13.0 Å². The number of benzene rings is 2. The highest BCUT2D eigenvalue weighted by molar-refractivity contribution is 5.98. The van der Waals surface area contributed by atoms with E-state index in [0.29, 0.717) is 18.0 Å². The van der Waals surface area contributed by atoms with E-state index < -0.39 is 17.7 Å². The Hall–Kier alpha value is -3.81. The molecule has 190 valence electrons. The molecule has 2 heterocycles. The number of aromatic nitrogens is 3. The van der Waals surface area contributed by atoms with Crippen LogP contribution in [-0.4, -0.2) is 38.2 Å². The van der Waals surface area contributed by atoms with Gasteiger partial charge >= 0.3 is 6.09 Å². The van der Waals surface area contributed by atoms with Crippen molar-refractivity contribution in [2.45, 2.75) is 59.1 Å². The number of carbonyl (C=O) groups excluding carboxylic acids is 2. The van der Waals surface area contributed by atoms with Crippen molar-refractivity contribution in [3.63, 3.8) is 0 Å². The SMILES string of the molecule is CC(C)Cc1nc2ccc(NC(=O)[C@@H](Cc3cn(C)c4ccccc34)NC(=O)OC(C)(C)C)cc2[nH]1. The molecule has 8 heteroatoms. The van der Waals surface area contributed by atoms with Gasteiger partial charge in [0.15, 0.2) is 0 Å². The molecular formula is C28H35N5O3. The number of nitrogens with one attached hydrogen (secondary N) is 3. The molecule has 8 nitrogen and oxygen atoms in total. The molecule has 0 saturated heterocycles. The Bertz CT molecular complexity index is 1390. The quantitative estimate of drug-likeness (QED) is 0.327. The third-order valence-electron chi connectivity index (χ3n) is 5.81. The first-order valence-corrected chi connectivity index (χ1v) is 12.3. The van der Waals surface area contributed by atoms with Gasteiger partial charge in [0.1, 0.15) is 17.5 Å². The minimum Gasteiger partial charge on any atom is -0.444 e. The smallest absolute Gasteiger partial charge is 0.408 e. The lowest BCUT2D eigenvalue weighted by atomic mass is 10.0. The Morgan fingerprint density at radius 1 is 1.11 bits per heavy atom. The number of alkyl carbamates (subject to hydrolysis) is 1. The summed E-state index contributed by atoms with van der Waals surface area (Å²) in [6, 6.07) is 12.7. The average molecular weight is 490 g/mol. The Morgan fingerprint density at radius 3 is 2.58 bits per heavy atom. The summed E-state index contributed by atoms with van der Waals surface area (Å²) in [4.78, 5) is 34.0. The normalized spacial score (nSPS) is 12.8. The number of anilines is 1. The molecule has 0 unspecified atom stereocenters. The highest BCUT2D eigenvalue weighted by Crippen LogP contribution is 2.23. The topological polar surface area (TPSA) is 101 Å². The summed E-state index contributed by atoms with van der Waals surface area (Å²) >= 11 is 0. The summed E-state index contributed by atoms with van der Waals surface area (Å²) in [5.74, 6) is 1.08. The minimum absolute atomic E-state index is 0.317. The third kappa shape index (κ3) is 6.05. The van der Waals surface area contributed by atoms with Gasteiger partial charge in [-0.25, -0.2) is 9.78 Å². The molecule has 0 fully saturated rings. The Kier molecular flexibility index (Phi) is 7.06. The average Bonchev–Trinajstić information content (AvgIpc) is 3.31. The number of aryl methyl sites for hydroxylation is 1. The molecule has 0 bridgehead atoms. The fraction of sp³-hybridized carbons (Fsp3) is 0.393. The first-order valence-electron chi connectivity index (χ1n) is 12.3. The van der Waals surface area contributed by atoms with Crippen LogP contribution in [0.25, 0.3) is 21.9 Å². The number of aromatic amines is 1. The molecule has 4 rings (SSSR count). The molecule has 36 heavy (non-hydrogen) atoms. The largest absolute Gasteiger partial charge is 0.444 e. The summed E-state index contributed by atoms with van der Waals surface area (Å²) < 4.78 is 7.46. The number of hydrogen-bond acceptors (Lipinski definition) is 4. The van der Waals surface area contributed by atoms with Gasteiger partial charge in [0.25, 0.3) is 0 Å². The molecule has 1 atom stereocenters. The van der Waals surface area contributed by atoms with Crippen LogP contribution in [0.1, 0.15) is 46.0 Å². The highest BCUT2D eigenvalue weighted by Gasteiger charge is 2.26. The third-order valence-corrected chi connectivity index (χ3v) is 5.81. The molecule has 0 aliphatic rings. The van der Waals surface area contributed by atoms with Crippen molar-refractivity contribution >= 4 is 39.6 Å². The van der Waals surface area contributed by atoms with Crippen molar-refractivity contribution in [3.8, 4) is 0 Å². The van der Waals surface area contributed by atoms with Crippen LogP contribution in [0.4, 0.5) is 10.5 Å². The number of H-pyrrole nitrogens is 1. The van der Waals surface area contributed by atoms with Gasteiger partial charge < -0.3 is 24.9 Å². The van der Waals surface area contributed by atoms with Gasteiger partial charge in [-0.1, -0.05) is 32.0 Å². The lowest BCUT2D eigenvalue weighted by molar-refractivity contribution is -0.118. The van der Waals surface area contributed by atoms with E-state index >= 15 is 0 Å². The van der Waals surface area contributed by atoms with Crippen LogP contribution >= 0.6 is 0 Å². The zero-order valence-corrected chi connectivity index (χ0v) is 21.8. The Labute approximate surface area is 211 Å². The van der Waals surface area contributed by atoms with E-state index in [2.05, 4.69) is 34.4 Å². The minimum atomic E-state index is -0.834. The van der Waals surface area contributed by atoms with Crippen molar-refractivity contribution in [2.75, 3.05) is 5.32 Å². The van der Waals surface area contributed by atoms with Gasteiger partial charge in [-0.3, -0.25) is 4.79 Å². The van der Waals surface area contributed by atoms with Gasteiger partial charge in [0.2, 0.25) is 5.91 Å². The molecule has 2 aromatic carbocycles. The molecule has 0 aliphatic heterocycles. The van der Waals surface area contributed by atoms with E-state index in [1.807, 2.05) is 60.3 Å².